The molecule has 0 aliphatic rings. The number of aromatic nitrogens is 1. The lowest BCUT2D eigenvalue weighted by Gasteiger charge is -2.10. The Kier molecular flexibility index (Phi) is 26.6. The first-order chi connectivity index (χ1) is 27.6. The molecule has 0 saturated heterocycles. The summed E-state index contributed by atoms with van der Waals surface area (Å²) in [6.07, 6.45) is 17.5. The van der Waals surface area contributed by atoms with Crippen LogP contribution >= 0.6 is 0 Å². The average Bonchev–Trinajstić information content (AvgIpc) is 3.18. The van der Waals surface area contributed by atoms with Gasteiger partial charge in [-0.05, 0) is 49.1 Å². The van der Waals surface area contributed by atoms with Crippen LogP contribution in [0.1, 0.15) is 106 Å². The van der Waals surface area contributed by atoms with Gasteiger partial charge in [0.05, 0.1) is 50.1 Å². The highest BCUT2D eigenvalue weighted by Gasteiger charge is 2.15. The number of unbranched alkanes of at least 4 members (excludes halogenated alkanes) is 12. The fourth-order valence-electron chi connectivity index (χ4n) is 5.59. The molecule has 1 heterocycles. The van der Waals surface area contributed by atoms with Crippen molar-refractivity contribution in [3.05, 3.63) is 53.7 Å². The molecule has 0 aliphatic carbocycles. The van der Waals surface area contributed by atoms with E-state index in [2.05, 4.69) is 20.3 Å². The van der Waals surface area contributed by atoms with Gasteiger partial charge in [0.2, 0.25) is 5.91 Å². The minimum Gasteiger partial charge on any atom is -0.481 e. The van der Waals surface area contributed by atoms with E-state index in [4.69, 9.17) is 29.2 Å². The molecule has 0 radical (unpaired) electrons. The highest BCUT2D eigenvalue weighted by molar-refractivity contribution is 7.92. The minimum absolute atomic E-state index is 0.0889. The Morgan fingerprint density at radius 2 is 1.11 bits per heavy atom. The second-order valence-electron chi connectivity index (χ2n) is 13.5. The van der Waals surface area contributed by atoms with Crippen LogP contribution in [0.25, 0.3) is 0 Å². The van der Waals surface area contributed by atoms with Crippen molar-refractivity contribution in [2.75, 3.05) is 70.7 Å². The molecule has 0 unspecified atom stereocenters. The minimum atomic E-state index is -3.86. The van der Waals surface area contributed by atoms with Crippen molar-refractivity contribution >= 4 is 39.6 Å². The predicted octanol–water partition coefficient (Wildman–Crippen LogP) is 4.97. The summed E-state index contributed by atoms with van der Waals surface area (Å²) in [7, 11) is -3.86. The fourth-order valence-corrected chi connectivity index (χ4v) is 6.60. The van der Waals surface area contributed by atoms with Crippen molar-refractivity contribution in [1.82, 2.24) is 15.6 Å². The third-order valence-corrected chi connectivity index (χ3v) is 10.0. The number of aliphatic carboxylic acids is 2. The molecular formula is C40H62N4O12S. The molecule has 320 valence electrons. The molecular weight excluding hydrogens is 761 g/mol. The van der Waals surface area contributed by atoms with E-state index >= 15 is 0 Å². The third-order valence-electron chi connectivity index (χ3n) is 8.66. The maximum atomic E-state index is 12.9. The summed E-state index contributed by atoms with van der Waals surface area (Å²) in [5.41, 5.74) is 1.34. The van der Waals surface area contributed by atoms with E-state index < -0.39 is 27.9 Å². The standard InChI is InChI=1S/C40H62N4O12S/c45-37(41-22-24-53-27-29-56-32-39(48)49)31-55-28-26-54-25-23-42-40(50)34-18-21-36(43-30-34)44-57(51,52)35-19-16-33(17-20-35)14-12-10-8-6-4-2-1-3-5-7-9-11-13-15-38(46)47/h16-21,30H,1-15,22-29,31-32H2,(H,41,45)(H,42,50)(H,43,44)(H,46,47)(H,48,49). The SMILES string of the molecule is O=C(O)CCCCCCCCCCCCCCCc1ccc(S(=O)(=O)Nc2ccc(C(=O)NCCOCCOCC(=O)NCCOCCOCC(=O)O)cn2)cc1. The van der Waals surface area contributed by atoms with E-state index in [0.29, 0.717) is 0 Å². The van der Waals surface area contributed by atoms with Crippen molar-refractivity contribution in [1.29, 1.82) is 0 Å². The van der Waals surface area contributed by atoms with Crippen molar-refractivity contribution in [3.63, 3.8) is 0 Å². The zero-order chi connectivity index (χ0) is 41.4. The number of carboxylic acid groups (broad SMARTS) is 2. The van der Waals surface area contributed by atoms with Gasteiger partial charge in [-0.15, -0.1) is 0 Å². The van der Waals surface area contributed by atoms with Crippen LogP contribution in [-0.2, 0) is 49.8 Å². The van der Waals surface area contributed by atoms with Gasteiger partial charge in [0.15, 0.2) is 0 Å². The average molecular weight is 823 g/mol. The van der Waals surface area contributed by atoms with E-state index in [-0.39, 0.29) is 94.5 Å². The molecule has 0 atom stereocenters. The predicted molar refractivity (Wildman–Crippen MR) is 214 cm³/mol. The number of hydrogen-bond acceptors (Lipinski definition) is 11. The summed E-state index contributed by atoms with van der Waals surface area (Å²) >= 11 is 0. The molecule has 0 spiro atoms. The van der Waals surface area contributed by atoms with Crippen LogP contribution < -0.4 is 15.4 Å². The number of aryl methyl sites for hydroxylation is 1. The van der Waals surface area contributed by atoms with Gasteiger partial charge < -0.3 is 39.8 Å². The van der Waals surface area contributed by atoms with Crippen molar-refractivity contribution < 1.29 is 56.8 Å². The van der Waals surface area contributed by atoms with Gasteiger partial charge in [-0.1, -0.05) is 82.8 Å². The van der Waals surface area contributed by atoms with Gasteiger partial charge in [-0.2, -0.15) is 0 Å². The number of amides is 2. The number of ether oxygens (including phenoxy) is 4. The van der Waals surface area contributed by atoms with Gasteiger partial charge in [0.25, 0.3) is 15.9 Å². The molecule has 5 N–H and O–H groups in total. The van der Waals surface area contributed by atoms with Crippen LogP contribution in [0, 0.1) is 0 Å². The third kappa shape index (κ3) is 25.7. The number of rotatable bonds is 36. The molecule has 1 aromatic heterocycles. The van der Waals surface area contributed by atoms with Crippen LogP contribution in [0.15, 0.2) is 47.5 Å². The molecule has 16 nitrogen and oxygen atoms in total. The molecule has 0 fully saturated rings. The maximum absolute atomic E-state index is 12.9. The van der Waals surface area contributed by atoms with E-state index in [1.54, 1.807) is 12.1 Å². The molecule has 2 rings (SSSR count). The van der Waals surface area contributed by atoms with Crippen LogP contribution in [0.4, 0.5) is 5.82 Å². The number of benzene rings is 1. The lowest BCUT2D eigenvalue weighted by atomic mass is 10.0. The summed E-state index contributed by atoms with van der Waals surface area (Å²) in [6, 6.07) is 9.76. The number of pyridine rings is 1. The first kappa shape index (κ1) is 49.0. The van der Waals surface area contributed by atoms with Crippen molar-refractivity contribution in [3.8, 4) is 0 Å². The number of nitrogens with zero attached hydrogens (tertiary/aromatic N) is 1. The van der Waals surface area contributed by atoms with Crippen LogP contribution in [-0.4, -0.2) is 113 Å². The number of hydrogen-bond donors (Lipinski definition) is 5. The van der Waals surface area contributed by atoms with E-state index in [0.717, 1.165) is 44.1 Å². The van der Waals surface area contributed by atoms with Crippen molar-refractivity contribution in [2.45, 2.75) is 101 Å². The first-order valence-corrected chi connectivity index (χ1v) is 21.4. The summed E-state index contributed by atoms with van der Waals surface area (Å²) in [5.74, 6) is -2.39. The zero-order valence-electron chi connectivity index (χ0n) is 33.1. The number of nitrogens with one attached hydrogen (secondary N) is 3. The van der Waals surface area contributed by atoms with Crippen LogP contribution in [0.3, 0.4) is 0 Å². The Hall–Kier alpha value is -4.16. The summed E-state index contributed by atoms with van der Waals surface area (Å²) in [6.45, 7) is 1.16. The fraction of sp³-hybridized carbons (Fsp3) is 0.625. The highest BCUT2D eigenvalue weighted by Crippen LogP contribution is 2.18. The smallest absolute Gasteiger partial charge is 0.329 e. The topological polar surface area (TPSA) is 229 Å². The molecule has 2 amide bonds. The summed E-state index contributed by atoms with van der Waals surface area (Å²) in [4.78, 5) is 49.3. The van der Waals surface area contributed by atoms with Gasteiger partial charge in [0.1, 0.15) is 19.0 Å². The Labute approximate surface area is 336 Å². The molecule has 0 aliphatic heterocycles. The van der Waals surface area contributed by atoms with Crippen LogP contribution in [0.2, 0.25) is 0 Å². The summed E-state index contributed by atoms with van der Waals surface area (Å²) < 4.78 is 49.0. The monoisotopic (exact) mass is 822 g/mol. The second kappa shape index (κ2) is 30.9. The number of carboxylic acids is 2. The van der Waals surface area contributed by atoms with Crippen molar-refractivity contribution in [2.24, 2.45) is 0 Å². The number of carbonyl (C=O) groups excluding carboxylic acids is 2. The highest BCUT2D eigenvalue weighted by atomic mass is 32.2. The van der Waals surface area contributed by atoms with E-state index in [1.807, 2.05) is 12.1 Å². The van der Waals surface area contributed by atoms with Crippen LogP contribution in [0.5, 0.6) is 0 Å². The van der Waals surface area contributed by atoms with Gasteiger partial charge in [-0.25, -0.2) is 18.2 Å². The van der Waals surface area contributed by atoms with Gasteiger partial charge in [0, 0.05) is 25.7 Å². The Morgan fingerprint density at radius 3 is 1.65 bits per heavy atom. The molecule has 17 heteroatoms. The molecule has 57 heavy (non-hydrogen) atoms. The molecule has 1 aromatic carbocycles. The molecule has 2 aromatic rings. The summed E-state index contributed by atoms with van der Waals surface area (Å²) in [5, 5.41) is 22.4. The van der Waals surface area contributed by atoms with Gasteiger partial charge >= 0.3 is 11.9 Å². The largest absolute Gasteiger partial charge is 0.481 e. The van der Waals surface area contributed by atoms with E-state index in [9.17, 15) is 27.6 Å². The zero-order valence-corrected chi connectivity index (χ0v) is 33.9. The lowest BCUT2D eigenvalue weighted by molar-refractivity contribution is -0.143. The van der Waals surface area contributed by atoms with Gasteiger partial charge in [-0.3, -0.25) is 19.1 Å². The lowest BCUT2D eigenvalue weighted by Crippen LogP contribution is -2.31. The second-order valence-corrected chi connectivity index (χ2v) is 15.2. The number of sulfonamides is 1. The maximum Gasteiger partial charge on any atom is 0.329 e. The molecule has 0 bridgehead atoms. The first-order valence-electron chi connectivity index (χ1n) is 19.9. The Balaban J connectivity index is 1.50. The molecule has 0 saturated carbocycles. The van der Waals surface area contributed by atoms with E-state index in [1.165, 1.54) is 69.7 Å². The normalized spacial score (nSPS) is 11.3. The Morgan fingerprint density at radius 1 is 0.579 bits per heavy atom. The number of carbonyl (C=O) groups is 4. The number of anilines is 1. The quantitative estimate of drug-likeness (QED) is 0.0573. The Bertz CT molecular complexity index is 1530.